The molecule has 8 atom stereocenters. The van der Waals surface area contributed by atoms with Crippen molar-refractivity contribution in [3.05, 3.63) is 0 Å². The Labute approximate surface area is 158 Å². The Morgan fingerprint density at radius 3 is 2.62 bits per heavy atom. The van der Waals surface area contributed by atoms with E-state index in [4.69, 9.17) is 4.74 Å². The molecule has 0 aromatic rings. The molecule has 1 aliphatic heterocycles. The van der Waals surface area contributed by atoms with Crippen molar-refractivity contribution in [3.63, 3.8) is 0 Å². The number of Topliss-reactive ketones (excluding diaryl/α,β-unsaturated/α-hetero) is 1. The maximum atomic E-state index is 13.0. The first kappa shape index (κ1) is 17.7. The topological polar surface area (TPSA) is 46.5 Å². The number of aliphatic hydroxyl groups is 1. The van der Waals surface area contributed by atoms with Gasteiger partial charge in [-0.05, 0) is 93.3 Å². The van der Waals surface area contributed by atoms with Crippen molar-refractivity contribution < 1.29 is 14.6 Å². The fourth-order valence-electron chi connectivity index (χ4n) is 8.71. The second-order valence-electron chi connectivity index (χ2n) is 10.8. The van der Waals surface area contributed by atoms with Crippen LogP contribution in [0.2, 0.25) is 0 Å². The van der Waals surface area contributed by atoms with Crippen LogP contribution in [0.15, 0.2) is 0 Å². The van der Waals surface area contributed by atoms with E-state index in [0.29, 0.717) is 23.0 Å². The number of carbonyl (C=O) groups is 1. The first-order chi connectivity index (χ1) is 12.4. The first-order valence-electron chi connectivity index (χ1n) is 11.3. The molecule has 5 aliphatic rings. The van der Waals surface area contributed by atoms with Crippen molar-refractivity contribution in [1.29, 1.82) is 0 Å². The first-order valence-corrected chi connectivity index (χ1v) is 11.3. The minimum Gasteiger partial charge on any atom is -0.393 e. The zero-order valence-corrected chi connectivity index (χ0v) is 16.6. The van der Waals surface area contributed by atoms with Gasteiger partial charge in [-0.3, -0.25) is 4.79 Å². The predicted molar refractivity (Wildman–Crippen MR) is 101 cm³/mol. The molecular weight excluding hydrogens is 324 g/mol. The summed E-state index contributed by atoms with van der Waals surface area (Å²) >= 11 is 0. The highest BCUT2D eigenvalue weighted by atomic mass is 16.5. The molecule has 146 valence electrons. The van der Waals surface area contributed by atoms with Gasteiger partial charge in [0.05, 0.1) is 6.10 Å². The number of carbonyl (C=O) groups excluding carboxylic acids is 1. The average molecular weight is 361 g/mol. The summed E-state index contributed by atoms with van der Waals surface area (Å²) in [5, 5.41) is 10.2. The van der Waals surface area contributed by atoms with Crippen molar-refractivity contribution in [2.75, 3.05) is 6.61 Å². The van der Waals surface area contributed by atoms with Crippen LogP contribution >= 0.6 is 0 Å². The van der Waals surface area contributed by atoms with Crippen LogP contribution < -0.4 is 0 Å². The largest absolute Gasteiger partial charge is 0.393 e. The lowest BCUT2D eigenvalue weighted by Crippen LogP contribution is -2.64. The lowest BCUT2D eigenvalue weighted by atomic mass is 9.40. The highest BCUT2D eigenvalue weighted by Gasteiger charge is 2.66. The van der Waals surface area contributed by atoms with Gasteiger partial charge in [-0.1, -0.05) is 13.8 Å². The summed E-state index contributed by atoms with van der Waals surface area (Å²) in [6, 6.07) is 0. The van der Waals surface area contributed by atoms with Crippen LogP contribution in [0, 0.1) is 34.5 Å². The Morgan fingerprint density at radius 2 is 1.85 bits per heavy atom. The molecule has 1 N–H and O–H groups in total. The van der Waals surface area contributed by atoms with Gasteiger partial charge in [-0.2, -0.15) is 0 Å². The van der Waals surface area contributed by atoms with Gasteiger partial charge in [0.1, 0.15) is 5.60 Å². The van der Waals surface area contributed by atoms with E-state index in [-0.39, 0.29) is 11.5 Å². The summed E-state index contributed by atoms with van der Waals surface area (Å²) in [7, 11) is 0. The van der Waals surface area contributed by atoms with E-state index in [9.17, 15) is 9.90 Å². The minimum atomic E-state index is -0.457. The lowest BCUT2D eigenvalue weighted by molar-refractivity contribution is -0.207. The summed E-state index contributed by atoms with van der Waals surface area (Å²) in [6.07, 6.45) is 12.0. The van der Waals surface area contributed by atoms with E-state index in [1.807, 2.05) is 0 Å². The molecule has 3 nitrogen and oxygen atoms in total. The van der Waals surface area contributed by atoms with Crippen molar-refractivity contribution in [2.45, 2.75) is 96.2 Å². The van der Waals surface area contributed by atoms with E-state index < -0.39 is 5.60 Å². The number of ketones is 1. The number of rotatable bonds is 0. The van der Waals surface area contributed by atoms with Crippen molar-refractivity contribution >= 4 is 5.78 Å². The molecular formula is C23H36O3. The zero-order valence-electron chi connectivity index (χ0n) is 16.6. The Hall–Kier alpha value is -0.410. The molecule has 0 aromatic carbocycles. The third-order valence-electron chi connectivity index (χ3n) is 10.1. The molecule has 1 spiro atoms. The van der Waals surface area contributed by atoms with Crippen LogP contribution in [0.1, 0.15) is 84.5 Å². The Kier molecular flexibility index (Phi) is 3.94. The zero-order chi connectivity index (χ0) is 18.2. The molecule has 1 heterocycles. The lowest BCUT2D eigenvalue weighted by Gasteiger charge is -2.65. The Balaban J connectivity index is 1.48. The molecule has 1 saturated heterocycles. The smallest absolute Gasteiger partial charge is 0.165 e. The molecule has 26 heavy (non-hydrogen) atoms. The van der Waals surface area contributed by atoms with Crippen LogP contribution in [0.5, 0.6) is 0 Å². The van der Waals surface area contributed by atoms with Crippen LogP contribution in [-0.4, -0.2) is 29.2 Å². The molecule has 0 radical (unpaired) electrons. The average Bonchev–Trinajstić information content (AvgIpc) is 3.11. The SMILES string of the molecule is C[C@]12CC[C@H](O)C[C@@H]1CC[C@@H]1[C@@H]2CC[C@@]2(C)[C@H]1CCC(=O)[C@]21CCCO1. The highest BCUT2D eigenvalue weighted by Crippen LogP contribution is 2.68. The minimum absolute atomic E-state index is 0.0530. The standard InChI is InChI=1S/C23H36O3/c1-21-11-8-16(24)14-15(21)4-5-17-18(21)9-12-22(2)19(17)6-7-20(25)23(22)10-3-13-26-23/h15-19,24H,3-14H2,1-2H3/t15-,16-,17+,18-,19-,21-,22-,23+/m0/s1. The third kappa shape index (κ3) is 2.11. The van der Waals surface area contributed by atoms with Gasteiger partial charge in [0.15, 0.2) is 5.78 Å². The predicted octanol–water partition coefficient (Wildman–Crippen LogP) is 4.51. The molecule has 4 saturated carbocycles. The quantitative estimate of drug-likeness (QED) is 0.691. The number of hydrogen-bond donors (Lipinski definition) is 1. The van der Waals surface area contributed by atoms with E-state index >= 15 is 0 Å². The second kappa shape index (κ2) is 5.80. The molecule has 0 aromatic heterocycles. The van der Waals surface area contributed by atoms with Gasteiger partial charge in [0.25, 0.3) is 0 Å². The number of aliphatic hydroxyl groups excluding tert-OH is 1. The number of fused-ring (bicyclic) bond motifs is 6. The molecule has 0 unspecified atom stereocenters. The van der Waals surface area contributed by atoms with Crippen molar-refractivity contribution in [3.8, 4) is 0 Å². The maximum Gasteiger partial charge on any atom is 0.165 e. The van der Waals surface area contributed by atoms with Crippen LogP contribution in [-0.2, 0) is 9.53 Å². The van der Waals surface area contributed by atoms with Gasteiger partial charge < -0.3 is 9.84 Å². The molecule has 5 rings (SSSR count). The Bertz CT molecular complexity index is 594. The van der Waals surface area contributed by atoms with E-state index in [0.717, 1.165) is 63.4 Å². The van der Waals surface area contributed by atoms with Crippen molar-refractivity contribution in [2.24, 2.45) is 34.5 Å². The molecule has 3 heteroatoms. The molecule has 5 fully saturated rings. The van der Waals surface area contributed by atoms with Crippen LogP contribution in [0.3, 0.4) is 0 Å². The summed E-state index contributed by atoms with van der Waals surface area (Å²) in [6.45, 7) is 5.73. The van der Waals surface area contributed by atoms with Gasteiger partial charge in [0.2, 0.25) is 0 Å². The summed E-state index contributed by atoms with van der Waals surface area (Å²) in [5.41, 5.74) is 0.00735. The highest BCUT2D eigenvalue weighted by molar-refractivity contribution is 5.89. The van der Waals surface area contributed by atoms with Crippen molar-refractivity contribution in [1.82, 2.24) is 0 Å². The van der Waals surface area contributed by atoms with E-state index in [2.05, 4.69) is 13.8 Å². The summed E-state index contributed by atoms with van der Waals surface area (Å²) in [4.78, 5) is 13.0. The second-order valence-corrected chi connectivity index (χ2v) is 10.8. The summed E-state index contributed by atoms with van der Waals surface area (Å²) in [5.74, 6) is 3.33. The molecule has 4 aliphatic carbocycles. The normalized spacial score (nSPS) is 56.7. The van der Waals surface area contributed by atoms with Gasteiger partial charge in [-0.15, -0.1) is 0 Å². The van der Waals surface area contributed by atoms with E-state index in [1.165, 1.54) is 25.7 Å². The molecule has 0 bridgehead atoms. The fourth-order valence-corrected chi connectivity index (χ4v) is 8.71. The van der Waals surface area contributed by atoms with E-state index in [1.54, 1.807) is 0 Å². The number of hydrogen-bond acceptors (Lipinski definition) is 3. The Morgan fingerprint density at radius 1 is 1.00 bits per heavy atom. The monoisotopic (exact) mass is 360 g/mol. The van der Waals surface area contributed by atoms with Gasteiger partial charge in [0, 0.05) is 18.4 Å². The summed E-state index contributed by atoms with van der Waals surface area (Å²) < 4.78 is 6.31. The molecule has 0 amide bonds. The van der Waals surface area contributed by atoms with Gasteiger partial charge >= 0.3 is 0 Å². The fraction of sp³-hybridized carbons (Fsp3) is 0.957. The van der Waals surface area contributed by atoms with Crippen LogP contribution in [0.4, 0.5) is 0 Å². The van der Waals surface area contributed by atoms with Crippen LogP contribution in [0.25, 0.3) is 0 Å². The van der Waals surface area contributed by atoms with Gasteiger partial charge in [-0.25, -0.2) is 0 Å². The third-order valence-corrected chi connectivity index (χ3v) is 10.1. The number of ether oxygens (including phenoxy) is 1. The maximum absolute atomic E-state index is 13.0.